The molecule has 0 aliphatic heterocycles. The maximum absolute atomic E-state index is 10.9. The van der Waals surface area contributed by atoms with Crippen molar-refractivity contribution in [3.8, 4) is 0 Å². The average Bonchev–Trinajstić information content (AvgIpc) is 2.84. The number of rotatable bonds is 4. The number of nitrogens with one attached hydrogen (secondary N) is 1. The van der Waals surface area contributed by atoms with Crippen molar-refractivity contribution in [2.75, 3.05) is 5.43 Å². The maximum Gasteiger partial charge on any atom is 0.288 e. The minimum atomic E-state index is -0.529. The molecule has 0 bridgehead atoms. The lowest BCUT2D eigenvalue weighted by molar-refractivity contribution is -0.384. The number of benzene rings is 1. The van der Waals surface area contributed by atoms with Crippen molar-refractivity contribution in [3.05, 3.63) is 55.7 Å². The van der Waals surface area contributed by atoms with Gasteiger partial charge in [0.2, 0.25) is 0 Å². The van der Waals surface area contributed by atoms with E-state index < -0.39 is 4.92 Å². The Morgan fingerprint density at radius 3 is 2.92 bits per heavy atom. The van der Waals surface area contributed by atoms with Crippen LogP contribution in [0.3, 0.4) is 0 Å². The van der Waals surface area contributed by atoms with Crippen LogP contribution in [0.5, 0.6) is 0 Å². The van der Waals surface area contributed by atoms with Crippen molar-refractivity contribution in [2.24, 2.45) is 5.10 Å². The largest absolute Gasteiger partial charge is 0.288 e. The Morgan fingerprint density at radius 2 is 2.17 bits per heavy atom. The number of hydrazone groups is 1. The number of thiophene rings is 1. The first-order chi connectivity index (χ1) is 11.5. The highest BCUT2D eigenvalue weighted by atomic mass is 35.5. The number of nitro groups is 1. The molecule has 3 aromatic rings. The molecule has 0 aliphatic rings. The van der Waals surface area contributed by atoms with Crippen LogP contribution < -0.4 is 5.43 Å². The first-order valence-electron chi connectivity index (χ1n) is 6.91. The van der Waals surface area contributed by atoms with Crippen molar-refractivity contribution < 1.29 is 4.92 Å². The lowest BCUT2D eigenvalue weighted by Crippen LogP contribution is -1.96. The van der Waals surface area contributed by atoms with Gasteiger partial charge in [-0.1, -0.05) is 17.7 Å². The zero-order valence-corrected chi connectivity index (χ0v) is 14.4. The molecule has 122 valence electrons. The van der Waals surface area contributed by atoms with E-state index in [-0.39, 0.29) is 10.7 Å². The second-order valence-electron chi connectivity index (χ2n) is 5.02. The smallest absolute Gasteiger partial charge is 0.261 e. The summed E-state index contributed by atoms with van der Waals surface area (Å²) in [5.41, 5.74) is 4.38. The highest BCUT2D eigenvalue weighted by Gasteiger charge is 2.13. The summed E-state index contributed by atoms with van der Waals surface area (Å²) < 4.78 is 0. The van der Waals surface area contributed by atoms with Gasteiger partial charge in [-0.15, -0.1) is 11.3 Å². The molecule has 0 fully saturated rings. The third kappa shape index (κ3) is 3.06. The number of nitro benzene ring substituents is 1. The number of aromatic nitrogens is 2. The zero-order chi connectivity index (χ0) is 17.3. The first-order valence-corrected chi connectivity index (χ1v) is 8.10. The fraction of sp³-hybridized carbons (Fsp3) is 0.133. The Labute approximate surface area is 146 Å². The molecule has 0 unspecified atom stereocenters. The van der Waals surface area contributed by atoms with E-state index in [1.807, 2.05) is 13.8 Å². The van der Waals surface area contributed by atoms with Crippen molar-refractivity contribution in [2.45, 2.75) is 13.8 Å². The summed E-state index contributed by atoms with van der Waals surface area (Å²) in [7, 11) is 0. The Hall–Kier alpha value is -2.58. The molecule has 2 aromatic heterocycles. The highest BCUT2D eigenvalue weighted by Crippen LogP contribution is 2.32. The lowest BCUT2D eigenvalue weighted by atomic mass is 10.2. The molecule has 7 nitrogen and oxygen atoms in total. The Bertz CT molecular complexity index is 970. The Kier molecular flexibility index (Phi) is 4.41. The van der Waals surface area contributed by atoms with Crippen LogP contribution in [0.15, 0.2) is 29.6 Å². The van der Waals surface area contributed by atoms with Crippen LogP contribution >= 0.6 is 22.9 Å². The summed E-state index contributed by atoms with van der Waals surface area (Å²) in [6.45, 7) is 4.04. The van der Waals surface area contributed by atoms with Gasteiger partial charge in [0.1, 0.15) is 16.2 Å². The summed E-state index contributed by atoms with van der Waals surface area (Å²) >= 11 is 7.39. The Morgan fingerprint density at radius 1 is 1.38 bits per heavy atom. The van der Waals surface area contributed by atoms with Crippen molar-refractivity contribution in [1.82, 2.24) is 9.97 Å². The SMILES string of the molecule is Cc1sc2ncnc(N/N=C/c3ccc(Cl)c([N+](=O)[O-])c3)c2c1C. The van der Waals surface area contributed by atoms with Gasteiger partial charge in [-0.25, -0.2) is 9.97 Å². The maximum atomic E-state index is 10.9. The standard InChI is InChI=1S/C15H12ClN5O2S/c1-8-9(2)24-15-13(8)14(17-7-18-15)20-19-6-10-3-4-11(16)12(5-10)21(22)23/h3-7H,1-2H3,(H,17,18,20)/b19-6+. The van der Waals surface area contributed by atoms with Crippen LogP contribution in [0.4, 0.5) is 11.5 Å². The predicted molar refractivity (Wildman–Crippen MR) is 96.2 cm³/mol. The van der Waals surface area contributed by atoms with E-state index in [1.165, 1.54) is 29.6 Å². The molecular formula is C15H12ClN5O2S. The van der Waals surface area contributed by atoms with Gasteiger partial charge in [0.05, 0.1) is 16.5 Å². The molecular weight excluding hydrogens is 350 g/mol. The van der Waals surface area contributed by atoms with E-state index in [9.17, 15) is 10.1 Å². The van der Waals surface area contributed by atoms with E-state index >= 15 is 0 Å². The summed E-state index contributed by atoms with van der Waals surface area (Å²) in [6, 6.07) is 4.48. The summed E-state index contributed by atoms with van der Waals surface area (Å²) in [5.74, 6) is 0.599. The third-order valence-corrected chi connectivity index (χ3v) is 4.95. The van der Waals surface area contributed by atoms with Gasteiger partial charge in [-0.3, -0.25) is 15.5 Å². The second kappa shape index (κ2) is 6.50. The minimum absolute atomic E-state index is 0.0898. The van der Waals surface area contributed by atoms with Gasteiger partial charge in [0.25, 0.3) is 5.69 Å². The van der Waals surface area contributed by atoms with E-state index in [0.29, 0.717) is 11.4 Å². The van der Waals surface area contributed by atoms with Crippen LogP contribution in [-0.2, 0) is 0 Å². The number of nitrogens with zero attached hydrogens (tertiary/aromatic N) is 4. The van der Waals surface area contributed by atoms with Crippen LogP contribution in [0, 0.1) is 24.0 Å². The fourth-order valence-electron chi connectivity index (χ4n) is 2.19. The summed E-state index contributed by atoms with van der Waals surface area (Å²) in [4.78, 5) is 20.9. The number of fused-ring (bicyclic) bond motifs is 1. The zero-order valence-electron chi connectivity index (χ0n) is 12.8. The molecule has 1 N–H and O–H groups in total. The molecule has 0 amide bonds. The van der Waals surface area contributed by atoms with Gasteiger partial charge in [-0.05, 0) is 25.5 Å². The van der Waals surface area contributed by atoms with E-state index in [0.717, 1.165) is 15.8 Å². The Balaban J connectivity index is 1.87. The quantitative estimate of drug-likeness (QED) is 0.424. The third-order valence-electron chi connectivity index (χ3n) is 3.52. The first kappa shape index (κ1) is 16.3. The molecule has 0 spiro atoms. The molecule has 3 rings (SSSR count). The number of aryl methyl sites for hydroxylation is 2. The highest BCUT2D eigenvalue weighted by molar-refractivity contribution is 7.18. The fourth-order valence-corrected chi connectivity index (χ4v) is 3.37. The van der Waals surface area contributed by atoms with Gasteiger partial charge in [0, 0.05) is 16.5 Å². The number of halogens is 1. The molecule has 0 saturated carbocycles. The molecule has 0 atom stereocenters. The number of hydrogen-bond acceptors (Lipinski definition) is 7. The van der Waals surface area contributed by atoms with E-state index in [4.69, 9.17) is 11.6 Å². The van der Waals surface area contributed by atoms with Gasteiger partial charge in [0.15, 0.2) is 5.82 Å². The summed E-state index contributed by atoms with van der Waals surface area (Å²) in [5, 5.41) is 16.0. The second-order valence-corrected chi connectivity index (χ2v) is 6.63. The van der Waals surface area contributed by atoms with Crippen molar-refractivity contribution in [3.63, 3.8) is 0 Å². The molecule has 0 saturated heterocycles. The summed E-state index contributed by atoms with van der Waals surface area (Å²) in [6.07, 6.45) is 2.95. The van der Waals surface area contributed by atoms with Gasteiger partial charge >= 0.3 is 0 Å². The normalized spacial score (nSPS) is 11.3. The van der Waals surface area contributed by atoms with Crippen molar-refractivity contribution >= 4 is 50.9 Å². The topological polar surface area (TPSA) is 93.3 Å². The molecule has 1 aromatic carbocycles. The molecule has 0 radical (unpaired) electrons. The van der Waals surface area contributed by atoms with Crippen LogP contribution in [0.1, 0.15) is 16.0 Å². The molecule has 0 aliphatic carbocycles. The molecule has 9 heteroatoms. The van der Waals surface area contributed by atoms with Gasteiger partial charge < -0.3 is 0 Å². The molecule has 2 heterocycles. The van der Waals surface area contributed by atoms with Crippen LogP contribution in [0.2, 0.25) is 5.02 Å². The van der Waals surface area contributed by atoms with E-state index in [2.05, 4.69) is 20.5 Å². The number of hydrogen-bond donors (Lipinski definition) is 1. The minimum Gasteiger partial charge on any atom is -0.261 e. The molecule has 24 heavy (non-hydrogen) atoms. The monoisotopic (exact) mass is 361 g/mol. The van der Waals surface area contributed by atoms with Gasteiger partial charge in [-0.2, -0.15) is 5.10 Å². The number of anilines is 1. The van der Waals surface area contributed by atoms with Crippen molar-refractivity contribution in [1.29, 1.82) is 0 Å². The average molecular weight is 362 g/mol. The predicted octanol–water partition coefficient (Wildman–Crippen LogP) is 4.32. The lowest BCUT2D eigenvalue weighted by Gasteiger charge is -2.02. The van der Waals surface area contributed by atoms with E-state index in [1.54, 1.807) is 17.4 Å². The van der Waals surface area contributed by atoms with Crippen LogP contribution in [0.25, 0.3) is 10.2 Å². The van der Waals surface area contributed by atoms with Crippen LogP contribution in [-0.4, -0.2) is 21.1 Å².